The summed E-state index contributed by atoms with van der Waals surface area (Å²) in [6.45, 7) is 56.5. The maximum Gasteiger partial charge on any atom is 0.309 e. The van der Waals surface area contributed by atoms with Gasteiger partial charge in [-0.2, -0.15) is 0 Å². The number of H-pyrrole nitrogens is 2. The van der Waals surface area contributed by atoms with Crippen molar-refractivity contribution in [1.82, 2.24) is 9.97 Å². The standard InChI is InChI=1S/C39H53NO3.C37H54N2O5.C36H48ClNO2/c1-23(2)24-16-19-39(31(41)14-15-32(42)43)21-20-37(6)27(33(24)39)12-13-30-36(5)22-26-25-10-8-9-11-28(25)40-34(26)35(3,4)29(36)17-18-38(30,37)7;1-23(2)26-14-19-37(32(40)41)21-20-35(6)27(31(26)37)12-13-29-34(5)17-16-30(33(3,4)28(34)15-18-36(29,35)7)38-44-22-24-8-10-25(11-9-24)39(42)43;1-20(2)22-12-15-36(31(39)40)17-16-34(6)25(29(22)36)9-11-28-33(5)19-24-23-18-21(37)8-10-26(23)38-30(24)32(3,4)27(33)13-14-35(28,34)7/h8-11,24,27,29-30,33,40H,1,12-22H2,2-7H3,(H,42,43);8-11,23,26-29,31H,12-22H2,1-7H3,(H,40,41);8,10,18,22,25,27-29,38H,1,9,11-17,19H2,2-7H3,(H,39,40)/b;38-30+;/t24-,27?,29?,30?,33?,36-,37+,38+,39+;26-,27-,28+,29-,31-,34+,35-,36-,37+;22-,25?,27?,28?,29?,33-,34+,35+,36-/m010/s1. The van der Waals surface area contributed by atoms with Gasteiger partial charge >= 0.3 is 17.9 Å². The first-order valence-corrected chi connectivity index (χ1v) is 50.8. The van der Waals surface area contributed by atoms with E-state index in [1.807, 2.05) is 6.07 Å². The normalized spacial score (nSPS) is 43.7. The van der Waals surface area contributed by atoms with E-state index in [-0.39, 0.29) is 106 Å². The van der Waals surface area contributed by atoms with E-state index in [0.29, 0.717) is 95.4 Å². The Bertz CT molecular complexity index is 5320. The monoisotopic (exact) mass is 1750 g/mol. The van der Waals surface area contributed by atoms with Crippen LogP contribution in [-0.4, -0.2) is 59.6 Å². The number of ketones is 1. The van der Waals surface area contributed by atoms with Crippen molar-refractivity contribution in [2.24, 2.45) is 170 Å². The number of non-ortho nitro benzene ring substituents is 1. The molecule has 20 rings (SSSR count). The maximum atomic E-state index is 14.0. The molecule has 0 aliphatic heterocycles. The molecule has 0 amide bonds. The molecule has 690 valence electrons. The summed E-state index contributed by atoms with van der Waals surface area (Å²) < 4.78 is 0. The second-order valence-electron chi connectivity index (χ2n) is 50.4. The number of allylic oxidation sites excluding steroid dienone is 2. The molecule has 0 spiro atoms. The van der Waals surface area contributed by atoms with Gasteiger partial charge in [-0.15, -0.1) is 0 Å². The Labute approximate surface area is 764 Å². The third-order valence-corrected chi connectivity index (χ3v) is 45.4. The maximum absolute atomic E-state index is 14.0. The van der Waals surface area contributed by atoms with Crippen molar-refractivity contribution in [3.05, 3.63) is 134 Å². The van der Waals surface area contributed by atoms with Crippen molar-refractivity contribution >= 4 is 68.5 Å². The number of carbonyl (C=O) groups is 4. The fourth-order valence-electron chi connectivity index (χ4n) is 38.8. The first-order chi connectivity index (χ1) is 59.5. The van der Waals surface area contributed by atoms with Gasteiger partial charge in [-0.1, -0.05) is 177 Å². The van der Waals surface area contributed by atoms with Gasteiger partial charge in [0.25, 0.3) is 5.69 Å². The van der Waals surface area contributed by atoms with Crippen molar-refractivity contribution in [1.29, 1.82) is 0 Å². The fraction of sp³-hybridized carbons (Fsp3) is 0.723. The summed E-state index contributed by atoms with van der Waals surface area (Å²) in [7, 11) is 0. The van der Waals surface area contributed by atoms with Crippen LogP contribution in [0.4, 0.5) is 5.69 Å². The quantitative estimate of drug-likeness (QED) is 0.0426. The van der Waals surface area contributed by atoms with E-state index in [4.69, 9.17) is 21.6 Å². The van der Waals surface area contributed by atoms with Crippen LogP contribution in [0, 0.1) is 175 Å². The highest BCUT2D eigenvalue weighted by Gasteiger charge is 2.77. The second kappa shape index (κ2) is 30.5. The Hall–Kier alpha value is -6.54. The summed E-state index contributed by atoms with van der Waals surface area (Å²) in [5, 5.41) is 50.0. The minimum Gasteiger partial charge on any atom is -0.481 e. The first kappa shape index (κ1) is 91.0. The second-order valence-corrected chi connectivity index (χ2v) is 50.8. The van der Waals surface area contributed by atoms with Crippen molar-refractivity contribution in [2.75, 3.05) is 0 Å². The zero-order valence-electron chi connectivity index (χ0n) is 80.9. The number of hydrogen-bond acceptors (Lipinski definition) is 8. The number of nitro groups is 1. The number of carboxylic acid groups (broad SMARTS) is 3. The summed E-state index contributed by atoms with van der Waals surface area (Å²) >= 11 is 6.54. The van der Waals surface area contributed by atoms with Crippen molar-refractivity contribution in [3.63, 3.8) is 0 Å². The van der Waals surface area contributed by atoms with Crippen molar-refractivity contribution in [2.45, 2.75) is 342 Å². The van der Waals surface area contributed by atoms with Crippen LogP contribution in [0.15, 0.2) is 96.2 Å². The zero-order chi connectivity index (χ0) is 91.2. The molecule has 15 heteroatoms. The number of aliphatic carboxylic acids is 3. The number of nitrogens with one attached hydrogen (secondary N) is 2. The third kappa shape index (κ3) is 12.6. The number of rotatable bonds is 13. The van der Waals surface area contributed by atoms with Gasteiger partial charge in [-0.05, 0) is 390 Å². The number of fused-ring (bicyclic) bond motifs is 27. The number of carboxylic acids is 3. The first-order valence-electron chi connectivity index (χ1n) is 50.4. The molecule has 14 nitrogen and oxygen atoms in total. The highest BCUT2D eigenvalue weighted by atomic mass is 35.5. The van der Waals surface area contributed by atoms with Gasteiger partial charge in [0.05, 0.1) is 27.9 Å². The van der Waals surface area contributed by atoms with E-state index in [9.17, 15) is 44.6 Å². The minimum atomic E-state index is -0.858. The molecule has 0 radical (unpaired) electrons. The number of nitrogens with zero attached hydrogens (tertiary/aromatic N) is 2. The predicted octanol–water partition coefficient (Wildman–Crippen LogP) is 28.1. The lowest BCUT2D eigenvalue weighted by molar-refractivity contribution is -0.384. The van der Waals surface area contributed by atoms with Gasteiger partial charge in [0.2, 0.25) is 0 Å². The molecule has 3 aromatic carbocycles. The largest absolute Gasteiger partial charge is 0.481 e. The number of hydrogen-bond donors (Lipinski definition) is 5. The number of aromatic amines is 2. The number of aromatic nitrogens is 2. The number of halogens is 1. The summed E-state index contributed by atoms with van der Waals surface area (Å²) in [6, 6.07) is 21.8. The molecule has 0 saturated heterocycles. The SMILES string of the molecule is C=C(C)[C@@H]1CC[C@]2(C(=O)CCC(=O)O)CC[C@]3(C)C(CCC4[C@@]5(C)Cc6c([nH]c7ccccc67)C(C)(C)C5CC[C@]43C)C12.C=C(C)[C@@H]1CC[C@]2(C(=O)O)CC[C@]3(C)C(CCC4[C@@]5(C)Cc6c([nH]c7ccc(Cl)cc67)C(C)(C)C5CC[C@]43C)C12.CC(C)[C@H]1CC[C@]2(C(=O)O)CC[C@]3(C)[C@H](CC[C@@H]4[C@@]5(C)CC/C(=N\OCc6ccc([N+](=O)[O-])cc6)C(C)(C)[C@@H]5CC[C@]43C)[C@@H]12. The Balaban J connectivity index is 0.000000129. The van der Waals surface area contributed by atoms with E-state index in [0.717, 1.165) is 125 Å². The molecule has 2 heterocycles. The van der Waals surface area contributed by atoms with Crippen LogP contribution in [0.25, 0.3) is 21.8 Å². The van der Waals surface area contributed by atoms with Gasteiger partial charge in [0.1, 0.15) is 12.4 Å². The zero-order valence-corrected chi connectivity index (χ0v) is 81.7. The Morgan fingerprint density at radius 2 is 0.929 bits per heavy atom. The molecule has 13 fully saturated rings. The number of para-hydroxylation sites is 1. The number of Topliss-reactive ketones (excluding diaryl/α,β-unsaturated/α-hetero) is 1. The molecule has 27 atom stereocenters. The van der Waals surface area contributed by atoms with E-state index in [2.05, 4.69) is 191 Å². The molecule has 2 aromatic heterocycles. The van der Waals surface area contributed by atoms with Crippen LogP contribution in [0.3, 0.4) is 0 Å². The fourth-order valence-corrected chi connectivity index (χ4v) is 39.0. The molecule has 0 bridgehead atoms. The highest BCUT2D eigenvalue weighted by Crippen LogP contribution is 2.82. The average Bonchev–Trinajstić information content (AvgIpc) is 1.51. The summed E-state index contributed by atoms with van der Waals surface area (Å²) in [5.41, 5.74) is 13.3. The smallest absolute Gasteiger partial charge is 0.309 e. The predicted molar refractivity (Wildman–Crippen MR) is 508 cm³/mol. The van der Waals surface area contributed by atoms with Gasteiger partial charge in [0, 0.05) is 78.4 Å². The molecule has 8 unspecified atom stereocenters. The molecule has 13 saturated carbocycles. The lowest BCUT2D eigenvalue weighted by Gasteiger charge is -2.72. The van der Waals surface area contributed by atoms with Crippen molar-refractivity contribution in [3.8, 4) is 0 Å². The van der Waals surface area contributed by atoms with E-state index in [1.165, 1.54) is 133 Å². The molecule has 15 aliphatic carbocycles. The molecule has 5 N–H and O–H groups in total. The molecule has 15 aliphatic rings. The Morgan fingerprint density at radius 3 is 1.42 bits per heavy atom. The number of oxime groups is 1. The van der Waals surface area contributed by atoms with Crippen LogP contribution < -0.4 is 0 Å². The van der Waals surface area contributed by atoms with Gasteiger partial charge < -0.3 is 30.1 Å². The highest BCUT2D eigenvalue weighted by molar-refractivity contribution is 6.31. The third-order valence-electron chi connectivity index (χ3n) is 45.1. The lowest BCUT2D eigenvalue weighted by Crippen LogP contribution is -2.66. The van der Waals surface area contributed by atoms with Gasteiger partial charge in [-0.25, -0.2) is 0 Å². The number of carbonyl (C=O) groups excluding carboxylic acids is 1. The summed E-state index contributed by atoms with van der Waals surface area (Å²) in [5.74, 6) is 5.99. The summed E-state index contributed by atoms with van der Waals surface area (Å²) in [4.78, 5) is 75.7. The molecular formula is C112H155ClN4O10. The van der Waals surface area contributed by atoms with Crippen LogP contribution in [0.1, 0.15) is 339 Å². The van der Waals surface area contributed by atoms with Gasteiger partial charge in [0.15, 0.2) is 0 Å². The average molecular weight is 1750 g/mol. The molecular weight excluding hydrogens is 1600 g/mol. The van der Waals surface area contributed by atoms with E-state index < -0.39 is 28.7 Å². The molecule has 5 aromatic rings. The Morgan fingerprint density at radius 1 is 0.488 bits per heavy atom. The number of benzene rings is 3. The topological polar surface area (TPSA) is 225 Å². The van der Waals surface area contributed by atoms with Crippen LogP contribution in [0.2, 0.25) is 5.02 Å². The Kier molecular flexibility index (Phi) is 21.8. The van der Waals surface area contributed by atoms with Crippen LogP contribution in [0.5, 0.6) is 0 Å². The van der Waals surface area contributed by atoms with E-state index in [1.54, 1.807) is 17.7 Å². The lowest BCUT2D eigenvalue weighted by atomic mass is 9.32. The minimum absolute atomic E-state index is 0.0435. The van der Waals surface area contributed by atoms with E-state index >= 15 is 0 Å². The number of nitro benzene ring substituents is 1. The van der Waals surface area contributed by atoms with Crippen LogP contribution in [-0.2, 0) is 54.3 Å². The summed E-state index contributed by atoms with van der Waals surface area (Å²) in [6.07, 6.45) is 30.5. The van der Waals surface area contributed by atoms with Crippen molar-refractivity contribution < 1.29 is 44.3 Å². The van der Waals surface area contributed by atoms with Crippen LogP contribution >= 0.6 is 11.6 Å². The van der Waals surface area contributed by atoms with Gasteiger partial charge in [-0.3, -0.25) is 29.3 Å². The molecule has 127 heavy (non-hydrogen) atoms.